The van der Waals surface area contributed by atoms with Gasteiger partial charge in [0.15, 0.2) is 5.11 Å². The summed E-state index contributed by atoms with van der Waals surface area (Å²) in [6.07, 6.45) is 1.05. The Labute approximate surface area is 106 Å². The standard InChI is InChI=1S/C12H16N2O2S/c1-2-7-13-12(17)14-10-5-3-9(4-6-10)8-11(15)16/h3-6H,2,7-8H2,1H3,(H,15,16)(H2,13,14,17). The van der Waals surface area contributed by atoms with Gasteiger partial charge < -0.3 is 15.7 Å². The van der Waals surface area contributed by atoms with Crippen LogP contribution >= 0.6 is 12.2 Å². The van der Waals surface area contributed by atoms with Crippen LogP contribution in [0.3, 0.4) is 0 Å². The average molecular weight is 252 g/mol. The fraction of sp³-hybridized carbons (Fsp3) is 0.333. The third-order valence-electron chi connectivity index (χ3n) is 2.10. The summed E-state index contributed by atoms with van der Waals surface area (Å²) in [5, 5.41) is 15.3. The first-order chi connectivity index (χ1) is 8.11. The van der Waals surface area contributed by atoms with Gasteiger partial charge in [-0.15, -0.1) is 0 Å². The molecule has 17 heavy (non-hydrogen) atoms. The highest BCUT2D eigenvalue weighted by atomic mass is 32.1. The Morgan fingerprint density at radius 3 is 2.53 bits per heavy atom. The monoisotopic (exact) mass is 252 g/mol. The molecule has 0 radical (unpaired) electrons. The van der Waals surface area contributed by atoms with E-state index in [2.05, 4.69) is 17.6 Å². The fourth-order valence-corrected chi connectivity index (χ4v) is 1.51. The maximum absolute atomic E-state index is 10.5. The lowest BCUT2D eigenvalue weighted by Gasteiger charge is -2.09. The van der Waals surface area contributed by atoms with Crippen molar-refractivity contribution in [3.05, 3.63) is 29.8 Å². The van der Waals surface area contributed by atoms with Crippen molar-refractivity contribution in [1.82, 2.24) is 5.32 Å². The van der Waals surface area contributed by atoms with Gasteiger partial charge in [-0.1, -0.05) is 19.1 Å². The van der Waals surface area contributed by atoms with Gasteiger partial charge in [0.25, 0.3) is 0 Å². The molecule has 0 aliphatic rings. The highest BCUT2D eigenvalue weighted by molar-refractivity contribution is 7.80. The van der Waals surface area contributed by atoms with Crippen LogP contribution in [0.1, 0.15) is 18.9 Å². The Balaban J connectivity index is 2.50. The third kappa shape index (κ3) is 5.31. The van der Waals surface area contributed by atoms with Crippen LogP contribution in [-0.2, 0) is 11.2 Å². The minimum absolute atomic E-state index is 0.0405. The largest absolute Gasteiger partial charge is 0.481 e. The molecule has 0 fully saturated rings. The summed E-state index contributed by atoms with van der Waals surface area (Å²) in [5.74, 6) is -0.828. The number of nitrogens with one attached hydrogen (secondary N) is 2. The van der Waals surface area contributed by atoms with E-state index in [0.717, 1.165) is 24.2 Å². The van der Waals surface area contributed by atoms with E-state index in [1.54, 1.807) is 12.1 Å². The number of carbonyl (C=O) groups is 1. The summed E-state index contributed by atoms with van der Waals surface area (Å²) in [6, 6.07) is 7.19. The molecular formula is C12H16N2O2S. The van der Waals surface area contributed by atoms with E-state index in [4.69, 9.17) is 17.3 Å². The van der Waals surface area contributed by atoms with Crippen LogP contribution in [0, 0.1) is 0 Å². The van der Waals surface area contributed by atoms with Crippen molar-refractivity contribution in [2.24, 2.45) is 0 Å². The van der Waals surface area contributed by atoms with Crippen LogP contribution in [0.2, 0.25) is 0 Å². The van der Waals surface area contributed by atoms with Gasteiger partial charge >= 0.3 is 5.97 Å². The second-order valence-electron chi connectivity index (χ2n) is 3.65. The minimum atomic E-state index is -0.828. The molecule has 1 aromatic carbocycles. The lowest BCUT2D eigenvalue weighted by Crippen LogP contribution is -2.28. The molecule has 1 aromatic rings. The number of carboxylic acids is 1. The molecule has 0 atom stereocenters. The number of carboxylic acid groups (broad SMARTS) is 1. The van der Waals surface area contributed by atoms with Crippen LogP contribution in [0.4, 0.5) is 5.69 Å². The Kier molecular flexibility index (Phi) is 5.42. The predicted molar refractivity (Wildman–Crippen MR) is 72.3 cm³/mol. The maximum atomic E-state index is 10.5. The molecule has 0 bridgehead atoms. The van der Waals surface area contributed by atoms with E-state index in [0.29, 0.717) is 5.11 Å². The molecule has 0 saturated heterocycles. The maximum Gasteiger partial charge on any atom is 0.307 e. The van der Waals surface area contributed by atoms with E-state index >= 15 is 0 Å². The van der Waals surface area contributed by atoms with Crippen molar-refractivity contribution in [2.45, 2.75) is 19.8 Å². The predicted octanol–water partition coefficient (Wildman–Crippen LogP) is 2.01. The number of benzene rings is 1. The average Bonchev–Trinajstić information content (AvgIpc) is 2.28. The van der Waals surface area contributed by atoms with Crippen molar-refractivity contribution in [1.29, 1.82) is 0 Å². The van der Waals surface area contributed by atoms with Crippen molar-refractivity contribution >= 4 is 29.0 Å². The van der Waals surface area contributed by atoms with Gasteiger partial charge in [-0.25, -0.2) is 0 Å². The number of thiocarbonyl (C=S) groups is 1. The van der Waals surface area contributed by atoms with E-state index < -0.39 is 5.97 Å². The molecule has 4 nitrogen and oxygen atoms in total. The van der Waals surface area contributed by atoms with Crippen LogP contribution in [0.5, 0.6) is 0 Å². The van der Waals surface area contributed by atoms with Gasteiger partial charge in [0.1, 0.15) is 0 Å². The Hall–Kier alpha value is -1.62. The first-order valence-corrected chi connectivity index (χ1v) is 5.88. The molecule has 0 spiro atoms. The quantitative estimate of drug-likeness (QED) is 0.700. The first kappa shape index (κ1) is 13.4. The topological polar surface area (TPSA) is 61.4 Å². The molecule has 0 aliphatic carbocycles. The molecule has 92 valence electrons. The second-order valence-corrected chi connectivity index (χ2v) is 4.06. The fourth-order valence-electron chi connectivity index (χ4n) is 1.29. The van der Waals surface area contributed by atoms with Crippen LogP contribution < -0.4 is 10.6 Å². The molecule has 0 heterocycles. The smallest absolute Gasteiger partial charge is 0.307 e. The van der Waals surface area contributed by atoms with Crippen LogP contribution in [0.15, 0.2) is 24.3 Å². The molecule has 0 amide bonds. The summed E-state index contributed by atoms with van der Waals surface area (Å²) in [4.78, 5) is 10.5. The van der Waals surface area contributed by atoms with E-state index in [9.17, 15) is 4.79 Å². The number of hydrogen-bond donors (Lipinski definition) is 3. The number of anilines is 1. The van der Waals surface area contributed by atoms with Crippen molar-refractivity contribution in [3.8, 4) is 0 Å². The zero-order valence-electron chi connectivity index (χ0n) is 9.69. The molecule has 0 aromatic heterocycles. The van der Waals surface area contributed by atoms with E-state index in [1.807, 2.05) is 12.1 Å². The molecule has 0 unspecified atom stereocenters. The van der Waals surface area contributed by atoms with E-state index in [1.165, 1.54) is 0 Å². The number of rotatable bonds is 5. The molecule has 3 N–H and O–H groups in total. The summed E-state index contributed by atoms with van der Waals surface area (Å²) in [5.41, 5.74) is 1.63. The molecule has 0 aliphatic heterocycles. The van der Waals surface area contributed by atoms with Gasteiger partial charge in [-0.3, -0.25) is 4.79 Å². The van der Waals surface area contributed by atoms with Gasteiger partial charge in [0, 0.05) is 12.2 Å². The van der Waals surface area contributed by atoms with Crippen LogP contribution in [-0.4, -0.2) is 22.7 Å². The summed E-state index contributed by atoms with van der Waals surface area (Å²) < 4.78 is 0. The van der Waals surface area contributed by atoms with Crippen molar-refractivity contribution < 1.29 is 9.90 Å². The summed E-state index contributed by atoms with van der Waals surface area (Å²) in [7, 11) is 0. The minimum Gasteiger partial charge on any atom is -0.481 e. The van der Waals surface area contributed by atoms with Crippen LogP contribution in [0.25, 0.3) is 0 Å². The number of hydrogen-bond acceptors (Lipinski definition) is 2. The molecule has 0 saturated carbocycles. The Morgan fingerprint density at radius 1 is 1.35 bits per heavy atom. The highest BCUT2D eigenvalue weighted by Gasteiger charge is 2.01. The van der Waals surface area contributed by atoms with Gasteiger partial charge in [0.05, 0.1) is 6.42 Å². The van der Waals surface area contributed by atoms with Crippen molar-refractivity contribution in [2.75, 3.05) is 11.9 Å². The SMILES string of the molecule is CCCNC(=S)Nc1ccc(CC(=O)O)cc1. The molecule has 1 rings (SSSR count). The molecule has 5 heteroatoms. The van der Waals surface area contributed by atoms with E-state index in [-0.39, 0.29) is 6.42 Å². The lowest BCUT2D eigenvalue weighted by molar-refractivity contribution is -0.136. The zero-order chi connectivity index (χ0) is 12.7. The summed E-state index contributed by atoms with van der Waals surface area (Å²) >= 11 is 5.09. The van der Waals surface area contributed by atoms with Gasteiger partial charge in [-0.2, -0.15) is 0 Å². The third-order valence-corrected chi connectivity index (χ3v) is 2.35. The Morgan fingerprint density at radius 2 is 2.00 bits per heavy atom. The summed E-state index contributed by atoms with van der Waals surface area (Å²) in [6.45, 7) is 2.90. The highest BCUT2D eigenvalue weighted by Crippen LogP contribution is 2.09. The zero-order valence-corrected chi connectivity index (χ0v) is 10.5. The second kappa shape index (κ2) is 6.85. The lowest BCUT2D eigenvalue weighted by atomic mass is 10.1. The Bertz CT molecular complexity index is 390. The first-order valence-electron chi connectivity index (χ1n) is 5.47. The van der Waals surface area contributed by atoms with Gasteiger partial charge in [-0.05, 0) is 36.3 Å². The van der Waals surface area contributed by atoms with Gasteiger partial charge in [0.2, 0.25) is 0 Å². The molecular weight excluding hydrogens is 236 g/mol. The number of aliphatic carboxylic acids is 1. The normalized spacial score (nSPS) is 9.71. The van der Waals surface area contributed by atoms with Crippen molar-refractivity contribution in [3.63, 3.8) is 0 Å².